The van der Waals surface area contributed by atoms with Crippen LogP contribution >= 0.6 is 22.6 Å². The third-order valence-corrected chi connectivity index (χ3v) is 5.27. The van der Waals surface area contributed by atoms with Crippen LogP contribution in [0.4, 0.5) is 4.79 Å². The van der Waals surface area contributed by atoms with E-state index < -0.39 is 0 Å². The van der Waals surface area contributed by atoms with Crippen LogP contribution in [0.3, 0.4) is 0 Å². The number of ether oxygens (including phenoxy) is 1. The minimum Gasteiger partial charge on any atom is -0.444 e. The summed E-state index contributed by atoms with van der Waals surface area (Å²) in [6, 6.07) is 0.818. The first-order valence-electron chi connectivity index (χ1n) is 7.79. The molecule has 0 bridgehead atoms. The van der Waals surface area contributed by atoms with Gasteiger partial charge in [-0.15, -0.1) is 0 Å². The Labute approximate surface area is 130 Å². The number of rotatable bonds is 8. The topological polar surface area (TPSA) is 29.5 Å². The summed E-state index contributed by atoms with van der Waals surface area (Å²) in [4.78, 5) is 13.8. The Bertz CT molecular complexity index is 298. The first-order chi connectivity index (χ1) is 9.24. The van der Waals surface area contributed by atoms with E-state index in [1.54, 1.807) is 0 Å². The lowest BCUT2D eigenvalue weighted by molar-refractivity contribution is 0.129. The molecule has 2 saturated heterocycles. The van der Waals surface area contributed by atoms with Gasteiger partial charge in [0.1, 0.15) is 6.10 Å². The zero-order valence-electron chi connectivity index (χ0n) is 11.9. The van der Waals surface area contributed by atoms with Gasteiger partial charge in [0.15, 0.2) is 0 Å². The fourth-order valence-corrected chi connectivity index (χ4v) is 3.96. The van der Waals surface area contributed by atoms with Crippen molar-refractivity contribution in [2.24, 2.45) is 0 Å². The number of fused-ring (bicyclic) bond motifs is 1. The lowest BCUT2D eigenvalue weighted by Crippen LogP contribution is -2.36. The molecule has 0 saturated carbocycles. The third kappa shape index (κ3) is 3.99. The minimum absolute atomic E-state index is 0.0676. The standard InChI is InChI=1S/C15H26INO2/c1-12-14-10-9-13(17(14)15(18)19-12)8-6-4-2-3-5-7-11-16/h12-14H,2-11H2,1H3/t12-,13-,14-/m0/s1. The zero-order chi connectivity index (χ0) is 13.7. The average molecular weight is 379 g/mol. The van der Waals surface area contributed by atoms with Gasteiger partial charge in [-0.2, -0.15) is 0 Å². The van der Waals surface area contributed by atoms with Gasteiger partial charge in [0.2, 0.25) is 0 Å². The average Bonchev–Trinajstić information content (AvgIpc) is 2.92. The summed E-state index contributed by atoms with van der Waals surface area (Å²) >= 11 is 2.45. The highest BCUT2D eigenvalue weighted by molar-refractivity contribution is 14.1. The molecule has 2 heterocycles. The Kier molecular flexibility index (Phi) is 6.23. The van der Waals surface area contributed by atoms with Crippen LogP contribution in [0.15, 0.2) is 0 Å². The molecule has 19 heavy (non-hydrogen) atoms. The summed E-state index contributed by atoms with van der Waals surface area (Å²) in [5.41, 5.74) is 0. The van der Waals surface area contributed by atoms with Gasteiger partial charge in [0, 0.05) is 6.04 Å². The number of carbonyl (C=O) groups is 1. The molecular formula is C15H26INO2. The van der Waals surface area contributed by atoms with Gasteiger partial charge in [-0.25, -0.2) is 4.79 Å². The van der Waals surface area contributed by atoms with Crippen LogP contribution in [0.5, 0.6) is 0 Å². The van der Waals surface area contributed by atoms with Crippen molar-refractivity contribution in [3.05, 3.63) is 0 Å². The quantitative estimate of drug-likeness (QED) is 0.353. The van der Waals surface area contributed by atoms with Crippen molar-refractivity contribution in [1.82, 2.24) is 4.90 Å². The summed E-state index contributed by atoms with van der Waals surface area (Å²) in [6.45, 7) is 2.03. The van der Waals surface area contributed by atoms with E-state index >= 15 is 0 Å². The van der Waals surface area contributed by atoms with Crippen molar-refractivity contribution in [3.63, 3.8) is 0 Å². The zero-order valence-corrected chi connectivity index (χ0v) is 14.1. The number of unbranched alkanes of at least 4 members (excludes halogenated alkanes) is 5. The molecule has 3 nitrogen and oxygen atoms in total. The first kappa shape index (κ1) is 15.4. The summed E-state index contributed by atoms with van der Waals surface area (Å²) in [6.07, 6.45) is 11.6. The Morgan fingerprint density at radius 1 is 1.16 bits per heavy atom. The number of amides is 1. The molecule has 2 aliphatic heterocycles. The maximum atomic E-state index is 11.8. The number of hydrogen-bond acceptors (Lipinski definition) is 2. The molecular weight excluding hydrogens is 353 g/mol. The molecule has 0 aromatic carbocycles. The highest BCUT2D eigenvalue weighted by Gasteiger charge is 2.46. The maximum Gasteiger partial charge on any atom is 0.410 e. The Hall–Kier alpha value is 0. The van der Waals surface area contributed by atoms with E-state index in [1.165, 1.54) is 55.8 Å². The molecule has 0 spiro atoms. The van der Waals surface area contributed by atoms with E-state index in [0.717, 1.165) is 6.42 Å². The summed E-state index contributed by atoms with van der Waals surface area (Å²) in [5.74, 6) is 0. The van der Waals surface area contributed by atoms with Gasteiger partial charge >= 0.3 is 6.09 Å². The molecule has 0 radical (unpaired) electrons. The Balaban J connectivity index is 1.60. The van der Waals surface area contributed by atoms with Crippen LogP contribution in [0.1, 0.15) is 64.7 Å². The molecule has 4 heteroatoms. The molecule has 0 aromatic rings. The molecule has 0 aliphatic carbocycles. The maximum absolute atomic E-state index is 11.8. The van der Waals surface area contributed by atoms with E-state index in [-0.39, 0.29) is 12.2 Å². The summed E-state index contributed by atoms with van der Waals surface area (Å²) in [7, 11) is 0. The van der Waals surface area contributed by atoms with Crippen molar-refractivity contribution < 1.29 is 9.53 Å². The van der Waals surface area contributed by atoms with E-state index in [1.807, 2.05) is 11.8 Å². The first-order valence-corrected chi connectivity index (χ1v) is 9.31. The lowest BCUT2D eigenvalue weighted by atomic mass is 10.0. The fraction of sp³-hybridized carbons (Fsp3) is 0.933. The van der Waals surface area contributed by atoms with Crippen LogP contribution in [0.2, 0.25) is 0 Å². The molecule has 0 N–H and O–H groups in total. The van der Waals surface area contributed by atoms with Gasteiger partial charge in [0.25, 0.3) is 0 Å². The molecule has 0 unspecified atom stereocenters. The molecule has 1 amide bonds. The van der Waals surface area contributed by atoms with Crippen LogP contribution in [-0.4, -0.2) is 33.6 Å². The number of nitrogens with zero attached hydrogens (tertiary/aromatic N) is 1. The third-order valence-electron chi connectivity index (χ3n) is 4.51. The summed E-state index contributed by atoms with van der Waals surface area (Å²) in [5, 5.41) is 0. The van der Waals surface area contributed by atoms with E-state index in [0.29, 0.717) is 12.1 Å². The number of alkyl halides is 1. The molecule has 2 aliphatic rings. The van der Waals surface area contributed by atoms with Gasteiger partial charge in [0.05, 0.1) is 6.04 Å². The Morgan fingerprint density at radius 2 is 1.84 bits per heavy atom. The van der Waals surface area contributed by atoms with Crippen molar-refractivity contribution in [2.75, 3.05) is 4.43 Å². The molecule has 0 aromatic heterocycles. The van der Waals surface area contributed by atoms with Gasteiger partial charge in [-0.3, -0.25) is 4.90 Å². The fourth-order valence-electron chi connectivity index (χ4n) is 3.42. The highest BCUT2D eigenvalue weighted by Crippen LogP contribution is 2.35. The number of hydrogen-bond donors (Lipinski definition) is 0. The highest BCUT2D eigenvalue weighted by atomic mass is 127. The largest absolute Gasteiger partial charge is 0.444 e. The molecule has 2 fully saturated rings. The number of cyclic esters (lactones) is 1. The van der Waals surface area contributed by atoms with Crippen molar-refractivity contribution in [2.45, 2.75) is 82.9 Å². The van der Waals surface area contributed by atoms with E-state index in [9.17, 15) is 4.79 Å². The number of carbonyl (C=O) groups excluding carboxylic acids is 1. The van der Waals surface area contributed by atoms with Crippen LogP contribution in [0, 0.1) is 0 Å². The Morgan fingerprint density at radius 3 is 2.58 bits per heavy atom. The van der Waals surface area contributed by atoms with E-state index in [4.69, 9.17) is 4.74 Å². The van der Waals surface area contributed by atoms with Gasteiger partial charge in [-0.05, 0) is 37.0 Å². The molecule has 110 valence electrons. The second-order valence-electron chi connectivity index (χ2n) is 5.89. The van der Waals surface area contributed by atoms with Crippen LogP contribution in [-0.2, 0) is 4.74 Å². The number of halogens is 1. The second-order valence-corrected chi connectivity index (χ2v) is 6.97. The predicted octanol–water partition coefficient (Wildman–Crippen LogP) is 4.52. The van der Waals surface area contributed by atoms with E-state index in [2.05, 4.69) is 22.6 Å². The lowest BCUT2D eigenvalue weighted by Gasteiger charge is -2.21. The van der Waals surface area contributed by atoms with Gasteiger partial charge < -0.3 is 4.74 Å². The van der Waals surface area contributed by atoms with Crippen molar-refractivity contribution in [3.8, 4) is 0 Å². The monoisotopic (exact) mass is 379 g/mol. The second kappa shape index (κ2) is 7.70. The molecule has 2 rings (SSSR count). The predicted molar refractivity (Wildman–Crippen MR) is 85.8 cm³/mol. The van der Waals surface area contributed by atoms with Crippen molar-refractivity contribution >= 4 is 28.7 Å². The SMILES string of the molecule is C[C@@H]1OC(=O)N2[C@@H](CCCCCCCCI)CC[C@@H]12. The van der Waals surface area contributed by atoms with Crippen molar-refractivity contribution in [1.29, 1.82) is 0 Å². The van der Waals surface area contributed by atoms with Crippen LogP contribution in [0.25, 0.3) is 0 Å². The normalized spacial score (nSPS) is 29.7. The summed E-state index contributed by atoms with van der Waals surface area (Å²) < 4.78 is 6.60. The smallest absolute Gasteiger partial charge is 0.410 e. The minimum atomic E-state index is -0.0676. The van der Waals surface area contributed by atoms with Crippen LogP contribution < -0.4 is 0 Å². The molecule has 3 atom stereocenters. The van der Waals surface area contributed by atoms with Gasteiger partial charge in [-0.1, -0.05) is 54.7 Å².